The Hall–Kier alpha value is -3.19. The number of rotatable bonds is 2. The van der Waals surface area contributed by atoms with E-state index in [1.165, 1.54) is 27.9 Å². The Balaban J connectivity index is 1.68. The molecule has 2 aliphatic heterocycles. The summed E-state index contributed by atoms with van der Waals surface area (Å²) in [7, 11) is 0. The first-order chi connectivity index (χ1) is 13.9. The first-order valence-electron chi connectivity index (χ1n) is 10.1. The summed E-state index contributed by atoms with van der Waals surface area (Å²) in [5.41, 5.74) is 7.29. The van der Waals surface area contributed by atoms with E-state index in [1.807, 2.05) is 0 Å². The van der Waals surface area contributed by atoms with Gasteiger partial charge in [-0.2, -0.15) is 4.57 Å². The van der Waals surface area contributed by atoms with Crippen molar-refractivity contribution in [2.24, 2.45) is 0 Å². The molecule has 0 spiro atoms. The van der Waals surface area contributed by atoms with Crippen molar-refractivity contribution in [3.63, 3.8) is 0 Å². The third-order valence-corrected chi connectivity index (χ3v) is 6.65. The highest BCUT2D eigenvalue weighted by Gasteiger charge is 2.56. The lowest BCUT2D eigenvalue weighted by Gasteiger charge is -2.46. The summed E-state index contributed by atoms with van der Waals surface area (Å²) in [6.45, 7) is 0. The van der Waals surface area contributed by atoms with Gasteiger partial charge >= 0.3 is 0 Å². The Kier molecular flexibility index (Phi) is 3.49. The van der Waals surface area contributed by atoms with Crippen LogP contribution in [0.15, 0.2) is 109 Å². The van der Waals surface area contributed by atoms with Crippen LogP contribution in [0.4, 0.5) is 0 Å². The molecule has 0 N–H and O–H groups in total. The molecule has 0 radical (unpaired) electrons. The second-order valence-electron chi connectivity index (χ2n) is 7.96. The largest absolute Gasteiger partial charge is 0.194 e. The Morgan fingerprint density at radius 1 is 0.500 bits per heavy atom. The zero-order chi connectivity index (χ0) is 18.5. The topological polar surface area (TPSA) is 3.88 Å². The molecule has 2 bridgehead atoms. The average Bonchev–Trinajstić information content (AvgIpc) is 2.79. The maximum absolute atomic E-state index is 2.53. The predicted octanol–water partition coefficient (Wildman–Crippen LogP) is 5.59. The molecule has 4 atom stereocenters. The molecule has 0 unspecified atom stereocenters. The fourth-order valence-electron chi connectivity index (χ4n) is 5.65. The predicted molar refractivity (Wildman–Crippen MR) is 111 cm³/mol. The van der Waals surface area contributed by atoms with Crippen LogP contribution >= 0.6 is 0 Å². The van der Waals surface area contributed by atoms with Gasteiger partial charge in [0.25, 0.3) is 0 Å². The first-order valence-corrected chi connectivity index (χ1v) is 10.1. The Morgan fingerprint density at radius 2 is 1.07 bits per heavy atom. The minimum Gasteiger partial charge on any atom is -0.194 e. The fourth-order valence-corrected chi connectivity index (χ4v) is 5.65. The van der Waals surface area contributed by atoms with Gasteiger partial charge in [0.05, 0.1) is 11.8 Å². The number of aromatic nitrogens is 1. The van der Waals surface area contributed by atoms with Gasteiger partial charge in [-0.25, -0.2) is 0 Å². The lowest BCUT2D eigenvalue weighted by molar-refractivity contribution is -0.734. The molecule has 0 saturated carbocycles. The summed E-state index contributed by atoms with van der Waals surface area (Å²) in [5, 5.41) is 0. The van der Waals surface area contributed by atoms with E-state index in [2.05, 4.69) is 114 Å². The van der Waals surface area contributed by atoms with Crippen molar-refractivity contribution in [3.8, 4) is 0 Å². The van der Waals surface area contributed by atoms with Crippen LogP contribution in [-0.2, 0) is 0 Å². The average molecular weight is 360 g/mol. The van der Waals surface area contributed by atoms with Crippen LogP contribution in [0.1, 0.15) is 51.7 Å². The van der Waals surface area contributed by atoms with E-state index >= 15 is 0 Å². The van der Waals surface area contributed by atoms with Crippen molar-refractivity contribution < 1.29 is 4.57 Å². The summed E-state index contributed by atoms with van der Waals surface area (Å²) in [6, 6.07) is 38.3. The third kappa shape index (κ3) is 2.16. The molecule has 28 heavy (non-hydrogen) atoms. The lowest BCUT2D eigenvalue weighted by atomic mass is 9.58. The van der Waals surface area contributed by atoms with E-state index in [0.717, 1.165) is 0 Å². The molecule has 134 valence electrons. The first kappa shape index (κ1) is 15.8. The highest BCUT2D eigenvalue weighted by atomic mass is 15.0. The molecular formula is C27H22N+. The number of pyridine rings is 1. The Morgan fingerprint density at radius 3 is 1.79 bits per heavy atom. The van der Waals surface area contributed by atoms with E-state index in [0.29, 0.717) is 23.8 Å². The van der Waals surface area contributed by atoms with Crippen molar-refractivity contribution in [3.05, 3.63) is 137 Å². The summed E-state index contributed by atoms with van der Waals surface area (Å²) in [4.78, 5) is 0. The number of benzene rings is 3. The van der Waals surface area contributed by atoms with Gasteiger partial charge in [0.1, 0.15) is 0 Å². The van der Waals surface area contributed by atoms with Crippen molar-refractivity contribution in [1.82, 2.24) is 0 Å². The standard InChI is InChI=1S/C27H22N/c1-3-11-19(12-4-1)24-25(20-13-5-2-6-14-20)27-22-16-8-7-15-21(22)26(24)23-17-9-10-18-28(23)27/h1-18,24-27H/q+1/t24-,25+,26+,27-/m0/s1. The van der Waals surface area contributed by atoms with Crippen LogP contribution in [0.25, 0.3) is 0 Å². The third-order valence-electron chi connectivity index (χ3n) is 6.65. The SMILES string of the molecule is c1ccc([C@@H]2[C@@H]3c4ccccc4[C@@H]([C@@H]2c2ccccc2)[n+]2ccccc23)cc1. The van der Waals surface area contributed by atoms with E-state index in [1.54, 1.807) is 0 Å². The smallest absolute Gasteiger partial charge is 0.191 e. The van der Waals surface area contributed by atoms with Gasteiger partial charge in [-0.05, 0) is 16.7 Å². The second-order valence-corrected chi connectivity index (χ2v) is 7.96. The minimum atomic E-state index is 0.324. The second kappa shape index (κ2) is 6.17. The molecule has 3 heterocycles. The highest BCUT2D eigenvalue weighted by Crippen LogP contribution is 2.59. The monoisotopic (exact) mass is 360 g/mol. The molecule has 1 aliphatic carbocycles. The van der Waals surface area contributed by atoms with E-state index in [9.17, 15) is 0 Å². The number of hydrogen-bond donors (Lipinski definition) is 0. The lowest BCUT2D eigenvalue weighted by Crippen LogP contribution is -2.57. The summed E-state index contributed by atoms with van der Waals surface area (Å²) >= 11 is 0. The van der Waals surface area contributed by atoms with Crippen LogP contribution in [0, 0.1) is 0 Å². The number of nitrogens with zero attached hydrogens (tertiary/aromatic N) is 1. The van der Waals surface area contributed by atoms with Gasteiger partial charge in [0.15, 0.2) is 17.9 Å². The zero-order valence-electron chi connectivity index (χ0n) is 15.6. The molecule has 1 aromatic heterocycles. The van der Waals surface area contributed by atoms with Gasteiger partial charge < -0.3 is 0 Å². The van der Waals surface area contributed by atoms with Crippen molar-refractivity contribution in [2.75, 3.05) is 0 Å². The van der Waals surface area contributed by atoms with Crippen LogP contribution < -0.4 is 4.57 Å². The molecule has 0 amide bonds. The van der Waals surface area contributed by atoms with Crippen molar-refractivity contribution in [2.45, 2.75) is 23.8 Å². The molecule has 3 aromatic carbocycles. The quantitative estimate of drug-likeness (QED) is 0.410. The van der Waals surface area contributed by atoms with E-state index in [4.69, 9.17) is 0 Å². The molecular weight excluding hydrogens is 338 g/mol. The molecule has 1 heteroatoms. The van der Waals surface area contributed by atoms with Gasteiger partial charge in [-0.3, -0.25) is 0 Å². The van der Waals surface area contributed by atoms with Gasteiger partial charge in [-0.15, -0.1) is 0 Å². The van der Waals surface area contributed by atoms with Gasteiger partial charge in [0, 0.05) is 23.6 Å². The minimum absolute atomic E-state index is 0.324. The Labute approximate surface area is 165 Å². The summed E-state index contributed by atoms with van der Waals surface area (Å²) < 4.78 is 2.53. The summed E-state index contributed by atoms with van der Waals surface area (Å²) in [6.07, 6.45) is 2.28. The van der Waals surface area contributed by atoms with Gasteiger partial charge in [-0.1, -0.05) is 91.0 Å². The van der Waals surface area contributed by atoms with Gasteiger partial charge in [0.2, 0.25) is 0 Å². The fraction of sp³-hybridized carbons (Fsp3) is 0.148. The van der Waals surface area contributed by atoms with Crippen molar-refractivity contribution >= 4 is 0 Å². The van der Waals surface area contributed by atoms with E-state index < -0.39 is 0 Å². The maximum atomic E-state index is 2.53. The Bertz CT molecular complexity index is 994. The highest BCUT2D eigenvalue weighted by molar-refractivity contribution is 5.50. The van der Waals surface area contributed by atoms with E-state index in [-0.39, 0.29) is 0 Å². The normalized spacial score (nSPS) is 24.4. The molecule has 0 fully saturated rings. The van der Waals surface area contributed by atoms with Crippen LogP contribution in [0.5, 0.6) is 0 Å². The van der Waals surface area contributed by atoms with Crippen LogP contribution in [-0.4, -0.2) is 0 Å². The van der Waals surface area contributed by atoms with Crippen LogP contribution in [0.3, 0.4) is 0 Å². The molecule has 3 aliphatic rings. The molecule has 7 rings (SSSR count). The molecule has 1 nitrogen and oxygen atoms in total. The molecule has 0 saturated heterocycles. The summed E-state index contributed by atoms with van der Waals surface area (Å²) in [5.74, 6) is 1.23. The zero-order valence-corrected chi connectivity index (χ0v) is 15.6. The number of hydrogen-bond acceptors (Lipinski definition) is 0. The maximum Gasteiger partial charge on any atom is 0.191 e. The van der Waals surface area contributed by atoms with Crippen LogP contribution in [0.2, 0.25) is 0 Å². The number of fused-ring (bicyclic) bond motifs is 1. The molecule has 4 aromatic rings. The van der Waals surface area contributed by atoms with Crippen molar-refractivity contribution in [1.29, 1.82) is 0 Å².